The lowest BCUT2D eigenvalue weighted by atomic mass is 9.79. The van der Waals surface area contributed by atoms with E-state index in [0.29, 0.717) is 0 Å². The van der Waals surface area contributed by atoms with Gasteiger partial charge < -0.3 is 4.90 Å². The monoisotopic (exact) mass is 509 g/mol. The molecule has 2 aromatic rings. The number of aromatic nitrogens is 1. The lowest BCUT2D eigenvalue weighted by molar-refractivity contribution is -0.124. The van der Waals surface area contributed by atoms with Gasteiger partial charge in [-0.05, 0) is 74.6 Å². The lowest BCUT2D eigenvalue weighted by Crippen LogP contribution is -2.48. The average molecular weight is 510 g/mol. The Morgan fingerprint density at radius 1 is 0.971 bits per heavy atom. The molecule has 1 aromatic heterocycles. The van der Waals surface area contributed by atoms with E-state index >= 15 is 0 Å². The number of hydrogen-bond acceptors (Lipinski definition) is 5. The van der Waals surface area contributed by atoms with Crippen LogP contribution in [0.4, 0.5) is 23.7 Å². The molecule has 1 atom stereocenters. The number of benzene rings is 1. The minimum Gasteiger partial charge on any atom is -0.302 e. The highest BCUT2D eigenvalue weighted by molar-refractivity contribution is 7.92. The summed E-state index contributed by atoms with van der Waals surface area (Å²) in [5, 5.41) is 0. The SMILES string of the molecule is CC1(C)C(=O)N(c2ccc(S(=O)(=O)C(F)(F)F)cc2)C(=O)N1C(c1ccncc1)C1CCCCC1. The molecule has 2 heterocycles. The van der Waals surface area contributed by atoms with Gasteiger partial charge in [-0.3, -0.25) is 9.78 Å². The Morgan fingerprint density at radius 2 is 1.54 bits per heavy atom. The number of anilines is 1. The molecule has 0 radical (unpaired) electrons. The van der Waals surface area contributed by atoms with Gasteiger partial charge in [-0.1, -0.05) is 19.3 Å². The van der Waals surface area contributed by atoms with E-state index in [4.69, 9.17) is 0 Å². The molecular weight excluding hydrogens is 483 g/mol. The van der Waals surface area contributed by atoms with Gasteiger partial charge in [0.05, 0.1) is 16.6 Å². The fraction of sp³-hybridized carbons (Fsp3) is 0.458. The lowest BCUT2D eigenvalue weighted by Gasteiger charge is -2.41. The maximum absolute atomic E-state index is 13.7. The van der Waals surface area contributed by atoms with Gasteiger partial charge in [0.25, 0.3) is 15.7 Å². The number of urea groups is 1. The zero-order chi connectivity index (χ0) is 25.6. The number of rotatable bonds is 5. The number of halogens is 3. The van der Waals surface area contributed by atoms with Gasteiger partial charge in [0.1, 0.15) is 5.54 Å². The van der Waals surface area contributed by atoms with Gasteiger partial charge in [0.15, 0.2) is 0 Å². The van der Waals surface area contributed by atoms with Crippen LogP contribution in [0.2, 0.25) is 0 Å². The van der Waals surface area contributed by atoms with Crippen molar-refractivity contribution in [2.24, 2.45) is 5.92 Å². The maximum Gasteiger partial charge on any atom is 0.501 e. The van der Waals surface area contributed by atoms with Crippen LogP contribution in [0.1, 0.15) is 57.6 Å². The summed E-state index contributed by atoms with van der Waals surface area (Å²) in [4.78, 5) is 32.8. The molecule has 7 nitrogen and oxygen atoms in total. The first kappa shape index (κ1) is 25.2. The van der Waals surface area contributed by atoms with E-state index in [1.54, 1.807) is 31.1 Å². The van der Waals surface area contributed by atoms with Crippen molar-refractivity contribution in [1.29, 1.82) is 0 Å². The molecule has 4 rings (SSSR count). The van der Waals surface area contributed by atoms with Gasteiger partial charge in [-0.15, -0.1) is 0 Å². The Kier molecular flexibility index (Phi) is 6.41. The van der Waals surface area contributed by atoms with Crippen LogP contribution in [-0.2, 0) is 14.6 Å². The largest absolute Gasteiger partial charge is 0.501 e. The third-order valence-electron chi connectivity index (χ3n) is 6.86. The van der Waals surface area contributed by atoms with E-state index in [-0.39, 0.29) is 17.6 Å². The zero-order valence-corrected chi connectivity index (χ0v) is 20.1. The second-order valence-electron chi connectivity index (χ2n) is 9.42. The van der Waals surface area contributed by atoms with Crippen LogP contribution in [0.3, 0.4) is 0 Å². The Balaban J connectivity index is 1.73. The summed E-state index contributed by atoms with van der Waals surface area (Å²) < 4.78 is 62.1. The number of imide groups is 1. The molecule has 2 fully saturated rings. The molecule has 188 valence electrons. The van der Waals surface area contributed by atoms with Gasteiger partial charge in [0.2, 0.25) is 0 Å². The molecule has 3 amide bonds. The van der Waals surface area contributed by atoms with Crippen molar-refractivity contribution < 1.29 is 31.2 Å². The van der Waals surface area contributed by atoms with Crippen LogP contribution >= 0.6 is 0 Å². The van der Waals surface area contributed by atoms with Crippen molar-refractivity contribution in [2.45, 2.75) is 67.9 Å². The van der Waals surface area contributed by atoms with Crippen molar-refractivity contribution in [3.05, 3.63) is 54.4 Å². The fourth-order valence-electron chi connectivity index (χ4n) is 5.06. The van der Waals surface area contributed by atoms with Crippen LogP contribution in [0, 0.1) is 5.92 Å². The number of nitrogens with zero attached hydrogens (tertiary/aromatic N) is 3. The molecule has 0 bridgehead atoms. The van der Waals surface area contributed by atoms with Crippen LogP contribution in [0.15, 0.2) is 53.7 Å². The zero-order valence-electron chi connectivity index (χ0n) is 19.3. The van der Waals surface area contributed by atoms with Crippen LogP contribution in [0.25, 0.3) is 0 Å². The second kappa shape index (κ2) is 8.92. The smallest absolute Gasteiger partial charge is 0.302 e. The molecule has 1 aliphatic heterocycles. The van der Waals surface area contributed by atoms with Crippen molar-refractivity contribution >= 4 is 27.5 Å². The maximum atomic E-state index is 13.7. The number of pyridine rings is 1. The number of sulfone groups is 1. The quantitative estimate of drug-likeness (QED) is 0.514. The van der Waals surface area contributed by atoms with Crippen LogP contribution < -0.4 is 4.90 Å². The molecule has 11 heteroatoms. The van der Waals surface area contributed by atoms with E-state index in [9.17, 15) is 31.2 Å². The van der Waals surface area contributed by atoms with E-state index in [0.717, 1.165) is 66.8 Å². The van der Waals surface area contributed by atoms with Gasteiger partial charge in [-0.25, -0.2) is 18.1 Å². The predicted octanol–water partition coefficient (Wildman–Crippen LogP) is 5.24. The first-order chi connectivity index (χ1) is 16.4. The average Bonchev–Trinajstić information content (AvgIpc) is 2.99. The summed E-state index contributed by atoms with van der Waals surface area (Å²) in [6.07, 6.45) is 8.20. The molecule has 35 heavy (non-hydrogen) atoms. The summed E-state index contributed by atoms with van der Waals surface area (Å²) in [6.45, 7) is 3.29. The Morgan fingerprint density at radius 3 is 2.09 bits per heavy atom. The summed E-state index contributed by atoms with van der Waals surface area (Å²) in [6, 6.07) is 6.29. The minimum absolute atomic E-state index is 0.00817. The Bertz CT molecular complexity index is 1210. The summed E-state index contributed by atoms with van der Waals surface area (Å²) >= 11 is 0. The van der Waals surface area contributed by atoms with Crippen LogP contribution in [0.5, 0.6) is 0 Å². The standard InChI is InChI=1S/C24H26F3N3O4S/c1-23(2)21(31)29(18-8-10-19(11-9-18)35(33,34)24(25,26)27)22(32)30(23)20(16-6-4-3-5-7-16)17-12-14-28-15-13-17/h8-16,20H,3-7H2,1-2H3. The normalized spacial score (nSPS) is 20.4. The predicted molar refractivity (Wildman–Crippen MR) is 122 cm³/mol. The number of alkyl halides is 3. The van der Waals surface area contributed by atoms with Crippen molar-refractivity contribution in [3.63, 3.8) is 0 Å². The highest BCUT2D eigenvalue weighted by Gasteiger charge is 2.56. The van der Waals surface area contributed by atoms with Gasteiger partial charge in [0, 0.05) is 12.4 Å². The van der Waals surface area contributed by atoms with Crippen molar-refractivity contribution in [2.75, 3.05) is 4.90 Å². The molecular formula is C24H26F3N3O4S. The highest BCUT2D eigenvalue weighted by Crippen LogP contribution is 2.45. The van der Waals surface area contributed by atoms with Crippen molar-refractivity contribution in [1.82, 2.24) is 9.88 Å². The molecule has 1 aliphatic carbocycles. The van der Waals surface area contributed by atoms with Gasteiger partial charge >= 0.3 is 11.5 Å². The van der Waals surface area contributed by atoms with Crippen molar-refractivity contribution in [3.8, 4) is 0 Å². The van der Waals surface area contributed by atoms with Crippen LogP contribution in [-0.4, -0.2) is 41.3 Å². The first-order valence-corrected chi connectivity index (χ1v) is 12.8. The Labute approximate surface area is 201 Å². The second-order valence-corrected chi connectivity index (χ2v) is 11.4. The first-order valence-electron chi connectivity index (χ1n) is 11.4. The fourth-order valence-corrected chi connectivity index (χ4v) is 5.82. The van der Waals surface area contributed by atoms with E-state index < -0.39 is 37.7 Å². The summed E-state index contributed by atoms with van der Waals surface area (Å²) in [7, 11) is -5.55. The highest BCUT2D eigenvalue weighted by atomic mass is 32.2. The molecule has 0 N–H and O–H groups in total. The summed E-state index contributed by atoms with van der Waals surface area (Å²) in [5.41, 5.74) is -5.83. The number of hydrogen-bond donors (Lipinski definition) is 0. The number of carbonyl (C=O) groups excluding carboxylic acids is 2. The minimum atomic E-state index is -5.55. The topological polar surface area (TPSA) is 87.7 Å². The van der Waals surface area contributed by atoms with Gasteiger partial charge in [-0.2, -0.15) is 13.2 Å². The molecule has 1 saturated heterocycles. The molecule has 1 unspecified atom stereocenters. The third kappa shape index (κ3) is 4.30. The number of amides is 3. The summed E-state index contributed by atoms with van der Waals surface area (Å²) in [5.74, 6) is -0.412. The molecule has 1 saturated carbocycles. The number of carbonyl (C=O) groups is 2. The van der Waals surface area contributed by atoms with E-state index in [2.05, 4.69) is 4.98 Å². The third-order valence-corrected chi connectivity index (χ3v) is 8.36. The van der Waals surface area contributed by atoms with E-state index in [1.807, 2.05) is 12.1 Å². The molecule has 0 spiro atoms. The molecule has 1 aromatic carbocycles. The Hall–Kier alpha value is -2.95. The van der Waals surface area contributed by atoms with E-state index in [1.165, 1.54) is 0 Å². The molecule has 2 aliphatic rings.